The topological polar surface area (TPSA) is 105 Å². The third kappa shape index (κ3) is 7.96. The number of nitrogens with one attached hydrogen (secondary N) is 2. The number of carboxylic acids is 1. The van der Waals surface area contributed by atoms with Crippen molar-refractivity contribution in [1.82, 2.24) is 5.32 Å². The molecule has 0 saturated heterocycles. The maximum atomic E-state index is 11.7. The molecular weight excluding hydrogens is 300 g/mol. The molecule has 0 atom stereocenters. The smallest absolute Gasteiger partial charge is 0.322 e. The number of rotatable bonds is 10. The van der Waals surface area contributed by atoms with Crippen molar-refractivity contribution < 1.29 is 24.2 Å². The fraction of sp³-hybridized carbons (Fsp3) is 0.438. The predicted molar refractivity (Wildman–Crippen MR) is 85.4 cm³/mol. The lowest BCUT2D eigenvalue weighted by atomic mass is 10.2. The first-order valence-corrected chi connectivity index (χ1v) is 7.50. The Labute approximate surface area is 135 Å². The Kier molecular flexibility index (Phi) is 8.38. The first-order valence-electron chi connectivity index (χ1n) is 7.50. The van der Waals surface area contributed by atoms with Gasteiger partial charge in [-0.2, -0.15) is 0 Å². The van der Waals surface area contributed by atoms with Crippen LogP contribution in [-0.2, 0) is 14.3 Å². The van der Waals surface area contributed by atoms with E-state index in [1.807, 2.05) is 0 Å². The molecule has 0 saturated carbocycles. The number of ether oxygens (including phenoxy) is 1. The minimum Gasteiger partial charge on any atom is -0.480 e. The molecule has 0 fully saturated rings. The Morgan fingerprint density at radius 3 is 2.43 bits per heavy atom. The van der Waals surface area contributed by atoms with E-state index in [-0.39, 0.29) is 12.5 Å². The van der Waals surface area contributed by atoms with Crippen molar-refractivity contribution in [3.8, 4) is 0 Å². The summed E-state index contributed by atoms with van der Waals surface area (Å²) in [5.41, 5.74) is 0.863. The van der Waals surface area contributed by atoms with Crippen LogP contribution < -0.4 is 10.6 Å². The van der Waals surface area contributed by atoms with Gasteiger partial charge < -0.3 is 20.5 Å². The van der Waals surface area contributed by atoms with Crippen LogP contribution in [0.4, 0.5) is 5.69 Å². The van der Waals surface area contributed by atoms with Gasteiger partial charge in [0.15, 0.2) is 0 Å². The number of hydrogen-bond donors (Lipinski definition) is 3. The lowest BCUT2D eigenvalue weighted by Crippen LogP contribution is -2.29. The van der Waals surface area contributed by atoms with Gasteiger partial charge in [-0.3, -0.25) is 14.4 Å². The Hall–Kier alpha value is -2.41. The van der Waals surface area contributed by atoms with Crippen LogP contribution in [0, 0.1) is 0 Å². The molecule has 1 aromatic carbocycles. The standard InChI is InChI=1S/C16H22N2O5/c1-2-3-4-9-23-11-14(19)18-13-7-5-12(6-8-13)16(22)17-10-15(20)21/h5-8H,2-4,9-11H2,1H3,(H,17,22)(H,18,19)(H,20,21). The Balaban J connectivity index is 2.37. The van der Waals surface area contributed by atoms with Gasteiger partial charge in [0.05, 0.1) is 0 Å². The third-order valence-electron chi connectivity index (χ3n) is 2.96. The van der Waals surface area contributed by atoms with Crippen LogP contribution >= 0.6 is 0 Å². The van der Waals surface area contributed by atoms with Crippen molar-refractivity contribution in [3.05, 3.63) is 29.8 Å². The predicted octanol–water partition coefficient (Wildman–Crippen LogP) is 1.65. The molecule has 0 heterocycles. The molecule has 0 unspecified atom stereocenters. The van der Waals surface area contributed by atoms with Crippen molar-refractivity contribution in [2.24, 2.45) is 0 Å². The fourth-order valence-corrected chi connectivity index (χ4v) is 1.78. The molecule has 7 nitrogen and oxygen atoms in total. The molecular formula is C16H22N2O5. The fourth-order valence-electron chi connectivity index (χ4n) is 1.78. The van der Waals surface area contributed by atoms with Crippen molar-refractivity contribution in [3.63, 3.8) is 0 Å². The van der Waals surface area contributed by atoms with Crippen LogP contribution in [0.3, 0.4) is 0 Å². The normalized spacial score (nSPS) is 10.1. The maximum absolute atomic E-state index is 11.7. The number of hydrogen-bond acceptors (Lipinski definition) is 4. The van der Waals surface area contributed by atoms with Crippen molar-refractivity contribution in [1.29, 1.82) is 0 Å². The molecule has 0 aliphatic heterocycles. The molecule has 23 heavy (non-hydrogen) atoms. The SMILES string of the molecule is CCCCCOCC(=O)Nc1ccc(C(=O)NCC(=O)O)cc1. The highest BCUT2D eigenvalue weighted by Gasteiger charge is 2.08. The highest BCUT2D eigenvalue weighted by molar-refractivity contribution is 5.97. The number of carbonyl (C=O) groups is 3. The van der Waals surface area contributed by atoms with Crippen LogP contribution in [0.25, 0.3) is 0 Å². The minimum absolute atomic E-state index is 0.00936. The average molecular weight is 322 g/mol. The zero-order chi connectivity index (χ0) is 17.1. The van der Waals surface area contributed by atoms with E-state index in [4.69, 9.17) is 9.84 Å². The lowest BCUT2D eigenvalue weighted by Gasteiger charge is -2.07. The molecule has 0 aromatic heterocycles. The van der Waals surface area contributed by atoms with Crippen LogP contribution in [-0.4, -0.2) is 42.6 Å². The number of carboxylic acid groups (broad SMARTS) is 1. The molecule has 0 radical (unpaired) electrons. The number of anilines is 1. The number of unbranched alkanes of at least 4 members (excludes halogenated alkanes) is 2. The van der Waals surface area contributed by atoms with E-state index in [1.54, 1.807) is 12.1 Å². The van der Waals surface area contributed by atoms with Gasteiger partial charge >= 0.3 is 5.97 Å². The van der Waals surface area contributed by atoms with Crippen molar-refractivity contribution >= 4 is 23.5 Å². The van der Waals surface area contributed by atoms with E-state index in [1.165, 1.54) is 12.1 Å². The van der Waals surface area contributed by atoms with Gasteiger partial charge in [-0.05, 0) is 30.7 Å². The Morgan fingerprint density at radius 1 is 1.13 bits per heavy atom. The number of carbonyl (C=O) groups excluding carboxylic acids is 2. The third-order valence-corrected chi connectivity index (χ3v) is 2.96. The molecule has 0 aliphatic carbocycles. The molecule has 0 aliphatic rings. The molecule has 0 spiro atoms. The van der Waals surface area contributed by atoms with E-state index in [0.29, 0.717) is 17.9 Å². The molecule has 2 amide bonds. The van der Waals surface area contributed by atoms with Crippen LogP contribution in [0.15, 0.2) is 24.3 Å². The van der Waals surface area contributed by atoms with E-state index in [0.717, 1.165) is 19.3 Å². The number of amides is 2. The van der Waals surface area contributed by atoms with Crippen LogP contribution in [0.1, 0.15) is 36.5 Å². The monoisotopic (exact) mass is 322 g/mol. The minimum atomic E-state index is -1.11. The van der Waals surface area contributed by atoms with Gasteiger partial charge in [0.1, 0.15) is 13.2 Å². The van der Waals surface area contributed by atoms with Gasteiger partial charge in [-0.25, -0.2) is 0 Å². The van der Waals surface area contributed by atoms with Gasteiger partial charge in [0.25, 0.3) is 5.91 Å². The zero-order valence-electron chi connectivity index (χ0n) is 13.1. The van der Waals surface area contributed by atoms with Gasteiger partial charge in [0.2, 0.25) is 5.91 Å². The second-order valence-electron chi connectivity index (χ2n) is 4.96. The van der Waals surface area contributed by atoms with Crippen LogP contribution in [0.5, 0.6) is 0 Å². The summed E-state index contributed by atoms with van der Waals surface area (Å²) in [6.07, 6.45) is 3.11. The summed E-state index contributed by atoms with van der Waals surface area (Å²) in [5.74, 6) is -1.85. The zero-order valence-corrected chi connectivity index (χ0v) is 13.1. The summed E-state index contributed by atoms with van der Waals surface area (Å²) in [5, 5.41) is 13.4. The van der Waals surface area contributed by atoms with E-state index in [9.17, 15) is 14.4 Å². The first kappa shape index (κ1) is 18.6. The van der Waals surface area contributed by atoms with E-state index < -0.39 is 18.4 Å². The lowest BCUT2D eigenvalue weighted by molar-refractivity contribution is -0.135. The molecule has 0 bridgehead atoms. The Morgan fingerprint density at radius 2 is 1.83 bits per heavy atom. The summed E-state index contributed by atoms with van der Waals surface area (Å²) in [6, 6.07) is 6.17. The summed E-state index contributed by atoms with van der Waals surface area (Å²) < 4.78 is 5.25. The van der Waals surface area contributed by atoms with Crippen molar-refractivity contribution in [2.45, 2.75) is 26.2 Å². The number of benzene rings is 1. The summed E-state index contributed by atoms with van der Waals surface area (Å²) in [6.45, 7) is 2.21. The Bertz CT molecular complexity index is 528. The second kappa shape index (κ2) is 10.3. The molecule has 3 N–H and O–H groups in total. The van der Waals surface area contributed by atoms with Gasteiger partial charge in [-0.15, -0.1) is 0 Å². The second-order valence-corrected chi connectivity index (χ2v) is 4.96. The number of aliphatic carboxylic acids is 1. The maximum Gasteiger partial charge on any atom is 0.322 e. The van der Waals surface area contributed by atoms with Gasteiger partial charge in [0, 0.05) is 17.9 Å². The molecule has 126 valence electrons. The molecule has 1 rings (SSSR count). The largest absolute Gasteiger partial charge is 0.480 e. The summed E-state index contributed by atoms with van der Waals surface area (Å²) in [7, 11) is 0. The van der Waals surface area contributed by atoms with Gasteiger partial charge in [-0.1, -0.05) is 19.8 Å². The highest BCUT2D eigenvalue weighted by Crippen LogP contribution is 2.09. The van der Waals surface area contributed by atoms with Crippen LogP contribution in [0.2, 0.25) is 0 Å². The van der Waals surface area contributed by atoms with E-state index in [2.05, 4.69) is 17.6 Å². The summed E-state index contributed by atoms with van der Waals surface area (Å²) >= 11 is 0. The first-order chi connectivity index (χ1) is 11.0. The van der Waals surface area contributed by atoms with Crippen molar-refractivity contribution in [2.75, 3.05) is 25.1 Å². The molecule has 1 aromatic rings. The quantitative estimate of drug-likeness (QED) is 0.568. The highest BCUT2D eigenvalue weighted by atomic mass is 16.5. The van der Waals surface area contributed by atoms with E-state index >= 15 is 0 Å². The molecule has 7 heteroatoms. The average Bonchev–Trinajstić information content (AvgIpc) is 2.53. The summed E-state index contributed by atoms with van der Waals surface area (Å²) in [4.78, 5) is 33.7.